The minimum atomic E-state index is -0.847. The van der Waals surface area contributed by atoms with E-state index in [1.807, 2.05) is 62.6 Å². The van der Waals surface area contributed by atoms with Gasteiger partial charge >= 0.3 is 44.8 Å². The second-order valence-corrected chi connectivity index (χ2v) is 20.0. The largest absolute Gasteiger partial charge is 1.00 e. The SMILES string of the molecule is [Ag+].[Au+].[C-]#Cc1cccc2c3ccccc3n(C)c12.[C-]#Cc1cccc2c3ccccc3n(C)c12.c1ccc([PH+](C[PH+](c2ccccc2)c2ccccc2)c2ccccc2)cc1. The van der Waals surface area contributed by atoms with Gasteiger partial charge in [0.05, 0.1) is 0 Å². The first-order valence-corrected chi connectivity index (χ1v) is 23.2. The van der Waals surface area contributed by atoms with Crippen LogP contribution in [0.25, 0.3) is 43.6 Å². The van der Waals surface area contributed by atoms with E-state index < -0.39 is 15.8 Å². The average Bonchev–Trinajstić information content (AvgIpc) is 3.78. The predicted molar refractivity (Wildman–Crippen MR) is 259 cm³/mol. The van der Waals surface area contributed by atoms with Crippen molar-refractivity contribution in [3.63, 3.8) is 0 Å². The number of benzene rings is 8. The van der Waals surface area contributed by atoms with Crippen molar-refractivity contribution in [1.82, 2.24) is 9.13 Å². The van der Waals surface area contributed by atoms with Crippen LogP contribution in [0.15, 0.2) is 206 Å². The van der Waals surface area contributed by atoms with Crippen molar-refractivity contribution in [3.8, 4) is 11.8 Å². The Kier molecular flexibility index (Phi) is 16.0. The zero-order chi connectivity index (χ0) is 40.6. The third kappa shape index (κ3) is 9.82. The van der Waals surface area contributed by atoms with Crippen molar-refractivity contribution in [2.75, 3.05) is 5.90 Å². The van der Waals surface area contributed by atoms with Gasteiger partial charge < -0.3 is 22.0 Å². The molecule has 2 nitrogen and oxygen atoms in total. The summed E-state index contributed by atoms with van der Waals surface area (Å²) in [6, 6.07) is 73.0. The van der Waals surface area contributed by atoms with Crippen LogP contribution in [0.2, 0.25) is 0 Å². The van der Waals surface area contributed by atoms with Crippen LogP contribution in [0.1, 0.15) is 11.1 Å². The van der Waals surface area contributed by atoms with Gasteiger partial charge in [0.15, 0.2) is 5.90 Å². The number of hydrogen-bond acceptors (Lipinski definition) is 0. The normalized spacial score (nSPS) is 10.5. The Bertz CT molecular complexity index is 2790. The Morgan fingerprint density at radius 1 is 0.377 bits per heavy atom. The first kappa shape index (κ1) is 45.4. The number of para-hydroxylation sites is 4. The zero-order valence-corrected chi connectivity index (χ0v) is 39.5. The Morgan fingerprint density at radius 3 is 0.967 bits per heavy atom. The molecular weight excluding hydrogens is 1060 g/mol. The van der Waals surface area contributed by atoms with Crippen molar-refractivity contribution in [3.05, 3.63) is 230 Å². The smallest absolute Gasteiger partial charge is 0.366 e. The minimum Gasteiger partial charge on any atom is -0.366 e. The van der Waals surface area contributed by atoms with Crippen molar-refractivity contribution < 1.29 is 44.8 Å². The molecule has 2 aromatic heterocycles. The zero-order valence-electron chi connectivity index (χ0n) is 33.8. The van der Waals surface area contributed by atoms with Crippen LogP contribution in [0.4, 0.5) is 0 Å². The molecule has 0 aliphatic rings. The molecule has 0 aliphatic carbocycles. The molecule has 6 heteroatoms. The molecule has 0 fully saturated rings. The summed E-state index contributed by atoms with van der Waals surface area (Å²) in [5, 5.41) is 10.9. The molecule has 0 saturated heterocycles. The van der Waals surface area contributed by atoms with Crippen LogP contribution < -0.4 is 21.2 Å². The van der Waals surface area contributed by atoms with Crippen LogP contribution in [0.5, 0.6) is 0 Å². The maximum Gasteiger partial charge on any atom is 1.00 e. The number of hydrogen-bond donors (Lipinski definition) is 0. The Morgan fingerprint density at radius 2 is 0.656 bits per heavy atom. The number of aryl methyl sites for hydroxylation is 2. The number of fused-ring (bicyclic) bond motifs is 6. The summed E-state index contributed by atoms with van der Waals surface area (Å²) in [7, 11) is 2.37. The number of rotatable bonds is 6. The Hall–Kier alpha value is -5.18. The van der Waals surface area contributed by atoms with E-state index in [1.165, 1.54) is 59.7 Å². The fourth-order valence-electron chi connectivity index (χ4n) is 8.15. The molecule has 304 valence electrons. The number of nitrogens with zero attached hydrogens (tertiary/aromatic N) is 2. The molecular formula is C55H44AgAuN2P2+2. The van der Waals surface area contributed by atoms with E-state index in [9.17, 15) is 0 Å². The predicted octanol–water partition coefficient (Wildman–Crippen LogP) is 11.2. The van der Waals surface area contributed by atoms with Gasteiger partial charge in [0.25, 0.3) is 0 Å². The molecule has 0 amide bonds. The molecule has 0 radical (unpaired) electrons. The van der Waals surface area contributed by atoms with Gasteiger partial charge in [-0.15, -0.1) is 23.3 Å². The van der Waals surface area contributed by atoms with Crippen molar-refractivity contribution in [2.45, 2.75) is 0 Å². The van der Waals surface area contributed by atoms with Gasteiger partial charge in [0.1, 0.15) is 37.1 Å². The maximum absolute atomic E-state index is 7.33. The summed E-state index contributed by atoms with van der Waals surface area (Å²) in [5.74, 6) is 6.25. The van der Waals surface area contributed by atoms with Crippen LogP contribution in [-0.2, 0) is 58.9 Å². The standard InChI is InChI=1S/C25H22P2.2C15H10N.Ag.Au/c1-5-13-22(14-6-1)26(23-15-7-2-8-16-23)21-27(24-17-9-3-10-18-24)25-19-11-4-12-20-25;2*1-3-11-7-6-9-13-12-8-4-5-10-14(12)16(2)15(11)13;;/h1-20H,21H2;2*4-10H,2H3;;/q;2*-1;2*+1/p+2. The molecule has 0 unspecified atom stereocenters. The van der Waals surface area contributed by atoms with Crippen LogP contribution in [-0.4, -0.2) is 15.0 Å². The fraction of sp³-hybridized carbons (Fsp3) is 0.0545. The fourth-order valence-corrected chi connectivity index (χ4v) is 15.9. The molecule has 0 bridgehead atoms. The first-order chi connectivity index (χ1) is 29.1. The van der Waals surface area contributed by atoms with E-state index in [-0.39, 0.29) is 44.8 Å². The molecule has 0 saturated carbocycles. The van der Waals surface area contributed by atoms with Gasteiger partial charge in [-0.1, -0.05) is 133 Å². The molecule has 0 aliphatic heterocycles. The third-order valence-electron chi connectivity index (χ3n) is 11.0. The molecule has 0 N–H and O–H groups in total. The molecule has 8 aromatic carbocycles. The van der Waals surface area contributed by atoms with Gasteiger partial charge in [-0.2, -0.15) is 0 Å². The van der Waals surface area contributed by atoms with Gasteiger partial charge in [-0.25, -0.2) is 0 Å². The van der Waals surface area contributed by atoms with Gasteiger partial charge in [-0.3, -0.25) is 11.8 Å². The third-order valence-corrected chi connectivity index (χ3v) is 17.9. The van der Waals surface area contributed by atoms with Crippen molar-refractivity contribution >= 4 is 80.7 Å². The van der Waals surface area contributed by atoms with E-state index in [4.69, 9.17) is 12.8 Å². The second-order valence-electron chi connectivity index (χ2n) is 14.4. The van der Waals surface area contributed by atoms with E-state index in [2.05, 4.69) is 179 Å². The topological polar surface area (TPSA) is 9.86 Å². The molecule has 10 rings (SSSR count). The Labute approximate surface area is 393 Å². The molecule has 10 aromatic rings. The maximum atomic E-state index is 7.33. The molecule has 0 spiro atoms. The first-order valence-electron chi connectivity index (χ1n) is 19.8. The van der Waals surface area contributed by atoms with Gasteiger partial charge in [0, 0.05) is 35.9 Å². The minimum absolute atomic E-state index is 0. The molecule has 61 heavy (non-hydrogen) atoms. The summed E-state index contributed by atoms with van der Waals surface area (Å²) in [5.41, 5.74) is 6.24. The summed E-state index contributed by atoms with van der Waals surface area (Å²) in [6.45, 7) is 0. The quantitative estimate of drug-likeness (QED) is 0.0680. The monoisotopic (exact) mass is 1100 g/mol. The molecule has 2 heterocycles. The van der Waals surface area contributed by atoms with Crippen LogP contribution >= 0.6 is 15.8 Å². The van der Waals surface area contributed by atoms with Crippen molar-refractivity contribution in [1.29, 1.82) is 0 Å². The van der Waals surface area contributed by atoms with Gasteiger partial charge in [-0.05, 0) is 82.5 Å². The second kappa shape index (κ2) is 21.6. The number of aromatic nitrogens is 2. The summed E-state index contributed by atoms with van der Waals surface area (Å²) in [4.78, 5) is 0. The molecule has 0 atom stereocenters. The van der Waals surface area contributed by atoms with Crippen molar-refractivity contribution in [2.24, 2.45) is 14.1 Å². The van der Waals surface area contributed by atoms with E-state index in [0.29, 0.717) is 0 Å². The summed E-state index contributed by atoms with van der Waals surface area (Å²) < 4.78 is 4.25. The Balaban J connectivity index is 0.000000159. The van der Waals surface area contributed by atoms with Crippen LogP contribution in [0.3, 0.4) is 0 Å². The van der Waals surface area contributed by atoms with Crippen LogP contribution in [0, 0.1) is 24.7 Å². The summed E-state index contributed by atoms with van der Waals surface area (Å²) >= 11 is 0. The average molecular weight is 1100 g/mol. The van der Waals surface area contributed by atoms with E-state index in [1.54, 1.807) is 0 Å². The summed E-state index contributed by atoms with van der Waals surface area (Å²) in [6.07, 6.45) is 14.7. The van der Waals surface area contributed by atoms with E-state index in [0.717, 1.165) is 22.2 Å². The van der Waals surface area contributed by atoms with E-state index >= 15 is 0 Å². The van der Waals surface area contributed by atoms with Gasteiger partial charge in [0.2, 0.25) is 0 Å².